The number of ether oxygens (including phenoxy) is 1. The fourth-order valence-corrected chi connectivity index (χ4v) is 1.25. The van der Waals surface area contributed by atoms with Crippen molar-refractivity contribution in [3.63, 3.8) is 0 Å². The van der Waals surface area contributed by atoms with Gasteiger partial charge in [0.25, 0.3) is 0 Å². The Labute approximate surface area is 85.4 Å². The van der Waals surface area contributed by atoms with E-state index in [9.17, 15) is 13.6 Å². The molecule has 0 atom stereocenters. The van der Waals surface area contributed by atoms with Gasteiger partial charge in [-0.2, -0.15) is 0 Å². The number of isocyanates is 1. The van der Waals surface area contributed by atoms with Gasteiger partial charge in [-0.3, -0.25) is 0 Å². The van der Waals surface area contributed by atoms with Crippen molar-refractivity contribution in [2.45, 2.75) is 13.2 Å². The van der Waals surface area contributed by atoms with Crippen molar-refractivity contribution in [3.8, 4) is 5.75 Å². The van der Waals surface area contributed by atoms with Crippen molar-refractivity contribution in [1.82, 2.24) is 0 Å². The van der Waals surface area contributed by atoms with Crippen molar-refractivity contribution in [2.75, 3.05) is 7.11 Å². The summed E-state index contributed by atoms with van der Waals surface area (Å²) < 4.78 is 30.4. The van der Waals surface area contributed by atoms with E-state index >= 15 is 0 Å². The normalized spacial score (nSPS) is 9.53. The summed E-state index contributed by atoms with van der Waals surface area (Å²) in [6.07, 6.45) is 1.33. The zero-order chi connectivity index (χ0) is 11.3. The fraction of sp³-hybridized carbons (Fsp3) is 0.300. The van der Waals surface area contributed by atoms with E-state index in [-0.39, 0.29) is 17.9 Å². The Morgan fingerprint density at radius 2 is 2.27 bits per heavy atom. The molecule has 0 aliphatic heterocycles. The van der Waals surface area contributed by atoms with Gasteiger partial charge in [-0.1, -0.05) is 0 Å². The highest BCUT2D eigenvalue weighted by molar-refractivity contribution is 5.40. The molecule has 0 aliphatic rings. The molecule has 0 aromatic heterocycles. The van der Waals surface area contributed by atoms with Crippen molar-refractivity contribution < 1.29 is 18.3 Å². The standard InChI is InChI=1S/C10H9F2NO2/c1-15-10-8(5-13-6-14)2-7(4-11)3-9(10)12/h2-3H,4-5H2,1H3. The molecule has 0 saturated heterocycles. The molecule has 0 N–H and O–H groups in total. The summed E-state index contributed by atoms with van der Waals surface area (Å²) in [5, 5.41) is 0. The van der Waals surface area contributed by atoms with E-state index in [4.69, 9.17) is 4.74 Å². The van der Waals surface area contributed by atoms with Crippen LogP contribution in [0.5, 0.6) is 5.75 Å². The van der Waals surface area contributed by atoms with Crippen LogP contribution >= 0.6 is 0 Å². The third kappa shape index (κ3) is 2.60. The van der Waals surface area contributed by atoms with E-state index in [0.29, 0.717) is 5.56 Å². The van der Waals surface area contributed by atoms with Crippen LogP contribution in [0.1, 0.15) is 11.1 Å². The zero-order valence-corrected chi connectivity index (χ0v) is 8.09. The van der Waals surface area contributed by atoms with Gasteiger partial charge in [-0.05, 0) is 17.7 Å². The van der Waals surface area contributed by atoms with Crippen molar-refractivity contribution >= 4 is 6.08 Å². The van der Waals surface area contributed by atoms with Gasteiger partial charge in [0.15, 0.2) is 11.6 Å². The van der Waals surface area contributed by atoms with E-state index < -0.39 is 12.5 Å². The SMILES string of the molecule is COc1c(F)cc(CF)cc1CN=C=O. The topological polar surface area (TPSA) is 38.7 Å². The van der Waals surface area contributed by atoms with E-state index in [0.717, 1.165) is 6.07 Å². The maximum Gasteiger partial charge on any atom is 0.235 e. The van der Waals surface area contributed by atoms with Crippen LogP contribution in [-0.4, -0.2) is 13.2 Å². The van der Waals surface area contributed by atoms with Crippen LogP contribution in [0.4, 0.5) is 8.78 Å². The second kappa shape index (κ2) is 5.22. The average molecular weight is 213 g/mol. The molecule has 0 fully saturated rings. The molecule has 0 spiro atoms. The molecule has 80 valence electrons. The minimum Gasteiger partial charge on any atom is -0.493 e. The number of halogens is 2. The van der Waals surface area contributed by atoms with Gasteiger partial charge >= 0.3 is 0 Å². The predicted molar refractivity (Wildman–Crippen MR) is 49.6 cm³/mol. The van der Waals surface area contributed by atoms with E-state index in [1.165, 1.54) is 19.3 Å². The van der Waals surface area contributed by atoms with Crippen LogP contribution < -0.4 is 4.74 Å². The third-order valence-corrected chi connectivity index (χ3v) is 1.85. The maximum atomic E-state index is 13.3. The first-order valence-electron chi connectivity index (χ1n) is 4.17. The first kappa shape index (κ1) is 11.3. The summed E-state index contributed by atoms with van der Waals surface area (Å²) in [6.45, 7) is -0.851. The number of aliphatic imine (C=N–C) groups is 1. The van der Waals surface area contributed by atoms with Crippen LogP contribution in [0, 0.1) is 5.82 Å². The average Bonchev–Trinajstić information content (AvgIpc) is 2.25. The molecule has 1 rings (SSSR count). The monoisotopic (exact) mass is 213 g/mol. The van der Waals surface area contributed by atoms with E-state index in [1.54, 1.807) is 0 Å². The van der Waals surface area contributed by atoms with Crippen LogP contribution in [-0.2, 0) is 18.0 Å². The smallest absolute Gasteiger partial charge is 0.235 e. The van der Waals surface area contributed by atoms with E-state index in [2.05, 4.69) is 4.99 Å². The highest BCUT2D eigenvalue weighted by Gasteiger charge is 2.11. The Kier molecular flexibility index (Phi) is 3.94. The predicted octanol–water partition coefficient (Wildman–Crippen LogP) is 2.14. The molecule has 0 saturated carbocycles. The summed E-state index contributed by atoms with van der Waals surface area (Å²) in [6, 6.07) is 2.45. The molecule has 3 nitrogen and oxygen atoms in total. The Bertz CT molecular complexity index is 401. The number of hydrogen-bond donors (Lipinski definition) is 0. The molecule has 0 radical (unpaired) electrons. The molecule has 0 bridgehead atoms. The van der Waals surface area contributed by atoms with Gasteiger partial charge in [0.2, 0.25) is 6.08 Å². The Balaban J connectivity index is 3.18. The molecular weight excluding hydrogens is 204 g/mol. The highest BCUT2D eigenvalue weighted by Crippen LogP contribution is 2.25. The number of carbonyl (C=O) groups excluding carboxylic acids is 1. The number of hydrogen-bond acceptors (Lipinski definition) is 3. The molecule has 0 heterocycles. The summed E-state index contributed by atoms with van der Waals surface area (Å²) in [7, 11) is 1.29. The number of rotatable bonds is 4. The van der Waals surface area contributed by atoms with Crippen molar-refractivity contribution in [3.05, 3.63) is 29.1 Å². The largest absolute Gasteiger partial charge is 0.493 e. The number of nitrogens with zero attached hydrogens (tertiary/aromatic N) is 1. The molecule has 0 amide bonds. The summed E-state index contributed by atoms with van der Waals surface area (Å²) in [5.41, 5.74) is 0.512. The second-order valence-electron chi connectivity index (χ2n) is 2.81. The minimum absolute atomic E-state index is 0.0220. The Morgan fingerprint density at radius 1 is 1.53 bits per heavy atom. The first-order chi connectivity index (χ1) is 7.22. The lowest BCUT2D eigenvalue weighted by molar-refractivity contribution is 0.380. The fourth-order valence-electron chi connectivity index (χ4n) is 1.25. The Morgan fingerprint density at radius 3 is 2.80 bits per heavy atom. The van der Waals surface area contributed by atoms with Gasteiger partial charge in [0.05, 0.1) is 13.7 Å². The van der Waals surface area contributed by atoms with Gasteiger partial charge in [-0.15, -0.1) is 0 Å². The molecule has 1 aromatic carbocycles. The Hall–Kier alpha value is -1.74. The molecule has 0 aliphatic carbocycles. The molecule has 5 heteroatoms. The van der Waals surface area contributed by atoms with Gasteiger partial charge in [0, 0.05) is 5.56 Å². The van der Waals surface area contributed by atoms with Gasteiger partial charge in [0.1, 0.15) is 6.67 Å². The van der Waals surface area contributed by atoms with Crippen molar-refractivity contribution in [2.24, 2.45) is 4.99 Å². The number of alkyl halides is 1. The number of benzene rings is 1. The first-order valence-corrected chi connectivity index (χ1v) is 4.17. The maximum absolute atomic E-state index is 13.3. The lowest BCUT2D eigenvalue weighted by Gasteiger charge is -2.08. The van der Waals surface area contributed by atoms with Gasteiger partial charge < -0.3 is 4.74 Å². The zero-order valence-electron chi connectivity index (χ0n) is 8.09. The van der Waals surface area contributed by atoms with Gasteiger partial charge in [-0.25, -0.2) is 18.6 Å². The second-order valence-corrected chi connectivity index (χ2v) is 2.81. The van der Waals surface area contributed by atoms with Crippen LogP contribution in [0.3, 0.4) is 0 Å². The lowest BCUT2D eigenvalue weighted by Crippen LogP contribution is -1.97. The molecule has 15 heavy (non-hydrogen) atoms. The summed E-state index contributed by atoms with van der Waals surface area (Å²) >= 11 is 0. The number of methoxy groups -OCH3 is 1. The van der Waals surface area contributed by atoms with Crippen molar-refractivity contribution in [1.29, 1.82) is 0 Å². The highest BCUT2D eigenvalue weighted by atomic mass is 19.1. The summed E-state index contributed by atoms with van der Waals surface area (Å²) in [4.78, 5) is 13.2. The quantitative estimate of drug-likeness (QED) is 0.567. The van der Waals surface area contributed by atoms with E-state index in [1.807, 2.05) is 0 Å². The molecule has 1 aromatic rings. The summed E-state index contributed by atoms with van der Waals surface area (Å²) in [5.74, 6) is -0.685. The minimum atomic E-state index is -0.779. The lowest BCUT2D eigenvalue weighted by atomic mass is 10.1. The third-order valence-electron chi connectivity index (χ3n) is 1.85. The molecule has 0 unspecified atom stereocenters. The van der Waals surface area contributed by atoms with Crippen LogP contribution in [0.25, 0.3) is 0 Å². The van der Waals surface area contributed by atoms with Crippen LogP contribution in [0.15, 0.2) is 17.1 Å². The van der Waals surface area contributed by atoms with Crippen LogP contribution in [0.2, 0.25) is 0 Å². The molecular formula is C10H9F2NO2.